The van der Waals surface area contributed by atoms with Gasteiger partial charge in [0, 0.05) is 36.5 Å². The lowest BCUT2D eigenvalue weighted by Crippen LogP contribution is -2.50. The van der Waals surface area contributed by atoms with Crippen molar-refractivity contribution >= 4 is 44.7 Å². The summed E-state index contributed by atoms with van der Waals surface area (Å²) in [6.45, 7) is 3.94. The average molecular weight is 529 g/mol. The molecule has 1 spiro atoms. The summed E-state index contributed by atoms with van der Waals surface area (Å²) in [5, 5.41) is 5.80. The molecule has 0 bridgehead atoms. The van der Waals surface area contributed by atoms with Gasteiger partial charge in [-0.1, -0.05) is 25.3 Å². The maximum Gasteiger partial charge on any atom is 0.253 e. The molecule has 1 saturated carbocycles. The van der Waals surface area contributed by atoms with Gasteiger partial charge < -0.3 is 10.6 Å². The molecule has 192 valence electrons. The zero-order valence-corrected chi connectivity index (χ0v) is 22.3. The molecule has 36 heavy (non-hydrogen) atoms. The molecule has 2 amide bonds. The van der Waals surface area contributed by atoms with E-state index in [2.05, 4.69) is 10.6 Å². The van der Waals surface area contributed by atoms with Crippen molar-refractivity contribution in [1.82, 2.24) is 9.62 Å². The smallest absolute Gasteiger partial charge is 0.253 e. The molecular formula is C26H32N4O4S2. The van der Waals surface area contributed by atoms with E-state index in [1.54, 1.807) is 6.07 Å². The number of aryl methyl sites for hydroxylation is 1. The molecule has 3 heterocycles. The van der Waals surface area contributed by atoms with Crippen LogP contribution in [0.2, 0.25) is 0 Å². The molecule has 5 rings (SSSR count). The number of amidine groups is 1. The zero-order chi connectivity index (χ0) is 25.5. The van der Waals surface area contributed by atoms with Crippen LogP contribution in [-0.2, 0) is 19.6 Å². The van der Waals surface area contributed by atoms with Gasteiger partial charge in [0.25, 0.3) is 15.9 Å². The molecule has 2 aliphatic heterocycles. The summed E-state index contributed by atoms with van der Waals surface area (Å²) in [6.07, 6.45) is 6.49. The summed E-state index contributed by atoms with van der Waals surface area (Å²) in [7, 11) is -3.67. The third kappa shape index (κ3) is 4.73. The van der Waals surface area contributed by atoms with Crippen molar-refractivity contribution in [2.75, 3.05) is 18.4 Å². The molecule has 1 saturated heterocycles. The largest absolute Gasteiger partial charge is 0.326 e. The topological polar surface area (TPSA) is 108 Å². The second kappa shape index (κ2) is 9.72. The minimum Gasteiger partial charge on any atom is -0.326 e. The van der Waals surface area contributed by atoms with Crippen molar-refractivity contribution in [3.63, 3.8) is 0 Å². The van der Waals surface area contributed by atoms with E-state index >= 15 is 0 Å². The number of carbonyl (C=O) groups is 2. The Hall–Kier alpha value is -2.56. The highest BCUT2D eigenvalue weighted by atomic mass is 32.2. The van der Waals surface area contributed by atoms with Crippen LogP contribution in [0, 0.1) is 12.8 Å². The number of piperidine rings is 1. The molecule has 8 nitrogen and oxygen atoms in total. The maximum absolute atomic E-state index is 13.4. The van der Waals surface area contributed by atoms with Crippen molar-refractivity contribution in [1.29, 1.82) is 0 Å². The lowest BCUT2D eigenvalue weighted by molar-refractivity contribution is -0.125. The summed E-state index contributed by atoms with van der Waals surface area (Å²) >= 11 is 1.24. The lowest BCUT2D eigenvalue weighted by Gasteiger charge is -2.34. The molecular weight excluding hydrogens is 496 g/mol. The van der Waals surface area contributed by atoms with Gasteiger partial charge in [-0.25, -0.2) is 8.42 Å². The summed E-state index contributed by atoms with van der Waals surface area (Å²) < 4.78 is 28.7. The fourth-order valence-electron chi connectivity index (χ4n) is 5.50. The Bertz CT molecular complexity index is 1320. The van der Waals surface area contributed by atoms with E-state index in [4.69, 9.17) is 4.99 Å². The minimum absolute atomic E-state index is 0.0725. The van der Waals surface area contributed by atoms with Gasteiger partial charge in [0.2, 0.25) is 5.91 Å². The maximum atomic E-state index is 13.4. The summed E-state index contributed by atoms with van der Waals surface area (Å²) in [5.74, 6) is 0.931. The number of nitrogens with zero attached hydrogens (tertiary/aromatic N) is 2. The van der Waals surface area contributed by atoms with E-state index in [0.717, 1.165) is 34.7 Å². The molecule has 1 aliphatic carbocycles. The highest BCUT2D eigenvalue weighted by Crippen LogP contribution is 2.38. The number of hydrogen-bond acceptors (Lipinski definition) is 6. The first-order chi connectivity index (χ1) is 17.2. The Morgan fingerprint density at radius 2 is 1.86 bits per heavy atom. The van der Waals surface area contributed by atoms with Crippen LogP contribution in [-0.4, -0.2) is 49.0 Å². The lowest BCUT2D eigenvalue weighted by atomic mass is 9.88. The van der Waals surface area contributed by atoms with Crippen LogP contribution in [0.5, 0.6) is 0 Å². The van der Waals surface area contributed by atoms with Crippen LogP contribution in [0.1, 0.15) is 57.4 Å². The normalized spacial score (nSPS) is 20.8. The fourth-order valence-corrected chi connectivity index (χ4v) is 8.49. The number of benzene rings is 1. The van der Waals surface area contributed by atoms with Crippen molar-refractivity contribution in [3.8, 4) is 10.4 Å². The van der Waals surface area contributed by atoms with Crippen molar-refractivity contribution < 1.29 is 18.0 Å². The Morgan fingerprint density at radius 3 is 2.53 bits per heavy atom. The van der Waals surface area contributed by atoms with Gasteiger partial charge in [-0.15, -0.1) is 11.3 Å². The Morgan fingerprint density at radius 1 is 1.14 bits per heavy atom. The monoisotopic (exact) mass is 528 g/mol. The quantitative estimate of drug-likeness (QED) is 0.603. The highest BCUT2D eigenvalue weighted by Gasteiger charge is 2.48. The van der Waals surface area contributed by atoms with Crippen LogP contribution in [0.3, 0.4) is 0 Å². The Kier molecular flexibility index (Phi) is 6.78. The average Bonchev–Trinajstić information content (AvgIpc) is 3.46. The molecule has 2 N–H and O–H groups in total. The third-order valence-electron chi connectivity index (χ3n) is 7.53. The number of anilines is 1. The van der Waals surface area contributed by atoms with E-state index in [9.17, 15) is 18.0 Å². The molecule has 3 aliphatic rings. The number of aliphatic imine (C=N–C) groups is 1. The highest BCUT2D eigenvalue weighted by molar-refractivity contribution is 7.91. The number of amides is 2. The number of thiophene rings is 1. The van der Waals surface area contributed by atoms with E-state index < -0.39 is 15.6 Å². The Labute approximate surface area is 216 Å². The van der Waals surface area contributed by atoms with Crippen molar-refractivity contribution in [3.05, 3.63) is 35.9 Å². The van der Waals surface area contributed by atoms with Crippen LogP contribution < -0.4 is 10.6 Å². The van der Waals surface area contributed by atoms with Gasteiger partial charge in [-0.2, -0.15) is 4.31 Å². The van der Waals surface area contributed by atoms with Gasteiger partial charge in [-0.05, 0) is 68.0 Å². The third-order valence-corrected chi connectivity index (χ3v) is 11.0. The van der Waals surface area contributed by atoms with Gasteiger partial charge in [0.05, 0.1) is 0 Å². The minimum atomic E-state index is -3.67. The summed E-state index contributed by atoms with van der Waals surface area (Å²) in [6, 6.07) is 9.07. The van der Waals surface area contributed by atoms with Gasteiger partial charge in [0.15, 0.2) is 0 Å². The first-order valence-electron chi connectivity index (χ1n) is 12.6. The van der Waals surface area contributed by atoms with Crippen LogP contribution >= 0.6 is 11.3 Å². The van der Waals surface area contributed by atoms with E-state index in [1.165, 1.54) is 41.8 Å². The molecule has 10 heteroatoms. The standard InChI is InChI=1S/C26H32N4O4S2/c1-17-16-20(27-18(2)31)8-9-21(17)22-10-11-23(35-22)36(33,34)30-14-12-26(13-15-30)25(32)28-24(29-26)19-6-4-3-5-7-19/h8-11,16,19H,3-7,12-15H2,1-2H3,(H,27,31)(H,28,29,32). The van der Waals surface area contributed by atoms with E-state index in [1.807, 2.05) is 31.2 Å². The van der Waals surface area contributed by atoms with Crippen molar-refractivity contribution in [2.45, 2.75) is 68.5 Å². The van der Waals surface area contributed by atoms with Crippen LogP contribution in [0.25, 0.3) is 10.4 Å². The van der Waals surface area contributed by atoms with Crippen LogP contribution in [0.15, 0.2) is 39.5 Å². The van der Waals surface area contributed by atoms with Gasteiger partial charge in [0.1, 0.15) is 15.6 Å². The van der Waals surface area contributed by atoms with Crippen LogP contribution in [0.4, 0.5) is 5.69 Å². The molecule has 1 aromatic carbocycles. The van der Waals surface area contributed by atoms with Gasteiger partial charge >= 0.3 is 0 Å². The molecule has 2 fully saturated rings. The number of sulfonamides is 1. The van der Waals surface area contributed by atoms with Crippen molar-refractivity contribution in [2.24, 2.45) is 10.9 Å². The second-order valence-corrected chi connectivity index (χ2v) is 13.3. The van der Waals surface area contributed by atoms with Gasteiger partial charge in [-0.3, -0.25) is 14.6 Å². The molecule has 0 unspecified atom stereocenters. The SMILES string of the molecule is CC(=O)Nc1ccc(-c2ccc(S(=O)(=O)N3CCC4(CC3)N=C(C3CCCCC3)NC4=O)s2)c(C)c1. The van der Waals surface area contributed by atoms with E-state index in [0.29, 0.717) is 28.7 Å². The molecule has 0 radical (unpaired) electrons. The number of rotatable bonds is 5. The summed E-state index contributed by atoms with van der Waals surface area (Å²) in [5.41, 5.74) is 1.76. The summed E-state index contributed by atoms with van der Waals surface area (Å²) in [4.78, 5) is 29.9. The molecule has 2 aromatic rings. The number of nitrogens with one attached hydrogen (secondary N) is 2. The Balaban J connectivity index is 1.29. The number of hydrogen-bond donors (Lipinski definition) is 2. The number of carbonyl (C=O) groups excluding carboxylic acids is 2. The van der Waals surface area contributed by atoms with E-state index in [-0.39, 0.29) is 24.9 Å². The fraction of sp³-hybridized carbons (Fsp3) is 0.500. The second-order valence-electron chi connectivity index (χ2n) is 10.1. The predicted molar refractivity (Wildman–Crippen MR) is 142 cm³/mol. The molecule has 0 atom stereocenters. The first-order valence-corrected chi connectivity index (χ1v) is 14.8. The molecule has 1 aromatic heterocycles. The first kappa shape index (κ1) is 25.1. The zero-order valence-electron chi connectivity index (χ0n) is 20.7. The predicted octanol–water partition coefficient (Wildman–Crippen LogP) is 4.31.